The highest BCUT2D eigenvalue weighted by atomic mass is 35.5. The Kier molecular flexibility index (Phi) is 5.85. The minimum absolute atomic E-state index is 0.0149. The first-order valence-corrected chi connectivity index (χ1v) is 8.28. The van der Waals surface area contributed by atoms with Crippen molar-refractivity contribution in [1.29, 1.82) is 0 Å². The summed E-state index contributed by atoms with van der Waals surface area (Å²) in [5.74, 6) is -0.854. The van der Waals surface area contributed by atoms with Crippen LogP contribution >= 0.6 is 11.6 Å². The smallest absolute Gasteiger partial charge is 0.330 e. The van der Waals surface area contributed by atoms with Gasteiger partial charge in [0.25, 0.3) is 5.56 Å². The number of ether oxygens (including phenoxy) is 1. The molecule has 0 spiro atoms. The Morgan fingerprint density at radius 1 is 1.12 bits per heavy atom. The summed E-state index contributed by atoms with van der Waals surface area (Å²) in [4.78, 5) is 36.2. The van der Waals surface area contributed by atoms with Crippen LogP contribution in [0.25, 0.3) is 0 Å². The summed E-state index contributed by atoms with van der Waals surface area (Å²) < 4.78 is 7.68. The van der Waals surface area contributed by atoms with E-state index in [-0.39, 0.29) is 12.5 Å². The number of nitrogens with zero attached hydrogens (tertiary/aromatic N) is 2. The van der Waals surface area contributed by atoms with Gasteiger partial charge in [-0.25, -0.2) is 4.79 Å². The molecule has 1 aromatic heterocycles. The number of carbonyl (C=O) groups is 1. The Balaban J connectivity index is 2.22. The Morgan fingerprint density at radius 2 is 1.72 bits per heavy atom. The number of esters is 1. The third-order valence-corrected chi connectivity index (χ3v) is 4.39. The molecule has 0 saturated carbocycles. The molecule has 0 aliphatic carbocycles. The second kappa shape index (κ2) is 7.70. The fraction of sp³-hybridized carbons (Fsp3) is 0.389. The molecule has 0 unspecified atom stereocenters. The molecular weight excluding hydrogens is 344 g/mol. The van der Waals surface area contributed by atoms with Gasteiger partial charge in [0.2, 0.25) is 0 Å². The molecule has 1 atom stereocenters. The minimum atomic E-state index is -0.461. The summed E-state index contributed by atoms with van der Waals surface area (Å²) in [5, 5.41) is 0.592. The van der Waals surface area contributed by atoms with E-state index in [1.165, 1.54) is 24.7 Å². The molecule has 2 rings (SSSR count). The molecule has 0 fully saturated rings. The van der Waals surface area contributed by atoms with Gasteiger partial charge < -0.3 is 4.74 Å². The van der Waals surface area contributed by atoms with Gasteiger partial charge in [0.1, 0.15) is 6.61 Å². The predicted octanol–water partition coefficient (Wildman–Crippen LogP) is 2.22. The highest BCUT2D eigenvalue weighted by Gasteiger charge is 2.26. The van der Waals surface area contributed by atoms with Crippen LogP contribution in [0.4, 0.5) is 0 Å². The molecule has 7 heteroatoms. The van der Waals surface area contributed by atoms with Crippen molar-refractivity contribution in [3.8, 4) is 0 Å². The van der Waals surface area contributed by atoms with Crippen LogP contribution < -0.4 is 11.2 Å². The number of hydrogen-bond acceptors (Lipinski definition) is 4. The maximum atomic E-state index is 12.6. The van der Waals surface area contributed by atoms with Gasteiger partial charge in [-0.15, -0.1) is 0 Å². The van der Waals surface area contributed by atoms with Crippen LogP contribution in [-0.4, -0.2) is 15.1 Å². The molecule has 25 heavy (non-hydrogen) atoms. The van der Waals surface area contributed by atoms with Crippen LogP contribution in [-0.2, 0) is 30.2 Å². The van der Waals surface area contributed by atoms with Crippen molar-refractivity contribution in [3.05, 3.63) is 67.4 Å². The van der Waals surface area contributed by atoms with Gasteiger partial charge in [0, 0.05) is 25.2 Å². The van der Waals surface area contributed by atoms with Gasteiger partial charge in [-0.2, -0.15) is 0 Å². The van der Waals surface area contributed by atoms with Crippen molar-refractivity contribution in [3.63, 3.8) is 0 Å². The SMILES string of the molecule is CC(C)[C@H](C(=O)OCc1cc(=O)n(C)c(=O)n1C)c1ccc(Cl)cc1. The number of aromatic nitrogens is 2. The molecule has 0 amide bonds. The highest BCUT2D eigenvalue weighted by Crippen LogP contribution is 2.27. The molecule has 0 bridgehead atoms. The van der Waals surface area contributed by atoms with Crippen LogP contribution in [0.5, 0.6) is 0 Å². The van der Waals surface area contributed by atoms with Crippen LogP contribution in [0.2, 0.25) is 5.02 Å². The zero-order chi connectivity index (χ0) is 18.7. The predicted molar refractivity (Wildman–Crippen MR) is 95.8 cm³/mol. The normalized spacial score (nSPS) is 12.2. The van der Waals surface area contributed by atoms with E-state index in [0.29, 0.717) is 10.7 Å². The fourth-order valence-electron chi connectivity index (χ4n) is 2.61. The molecule has 2 aromatic rings. The number of halogens is 1. The summed E-state index contributed by atoms with van der Waals surface area (Å²) >= 11 is 5.90. The Hall–Kier alpha value is -2.34. The number of hydrogen-bond donors (Lipinski definition) is 0. The van der Waals surface area contributed by atoms with Crippen molar-refractivity contribution < 1.29 is 9.53 Å². The van der Waals surface area contributed by atoms with Gasteiger partial charge in [-0.05, 0) is 23.6 Å². The van der Waals surface area contributed by atoms with Gasteiger partial charge in [0.05, 0.1) is 11.6 Å². The summed E-state index contributed by atoms with van der Waals surface area (Å²) in [7, 11) is 2.93. The second-order valence-electron chi connectivity index (χ2n) is 6.26. The molecule has 6 nitrogen and oxygen atoms in total. The van der Waals surface area contributed by atoms with Crippen molar-refractivity contribution in [2.24, 2.45) is 20.0 Å². The van der Waals surface area contributed by atoms with Crippen molar-refractivity contribution in [2.75, 3.05) is 0 Å². The Bertz CT molecular complexity index is 881. The highest BCUT2D eigenvalue weighted by molar-refractivity contribution is 6.30. The maximum absolute atomic E-state index is 12.6. The quantitative estimate of drug-likeness (QED) is 0.763. The first-order chi connectivity index (χ1) is 11.7. The standard InChI is InChI=1S/C18H21ClN2O4/c1-11(2)16(12-5-7-13(19)8-6-12)17(23)25-10-14-9-15(22)21(4)18(24)20(14)3/h5-9,11,16H,10H2,1-4H3/t16-/m0/s1. The van der Waals surface area contributed by atoms with Crippen molar-refractivity contribution in [2.45, 2.75) is 26.4 Å². The fourth-order valence-corrected chi connectivity index (χ4v) is 2.74. The lowest BCUT2D eigenvalue weighted by atomic mass is 9.88. The third kappa shape index (κ3) is 4.20. The lowest BCUT2D eigenvalue weighted by Gasteiger charge is -2.20. The van der Waals surface area contributed by atoms with Crippen LogP contribution in [0.15, 0.2) is 39.9 Å². The monoisotopic (exact) mass is 364 g/mol. The summed E-state index contributed by atoms with van der Waals surface area (Å²) in [6.45, 7) is 3.71. The average molecular weight is 365 g/mol. The van der Waals surface area contributed by atoms with Gasteiger partial charge in [-0.3, -0.25) is 18.7 Å². The molecule has 1 heterocycles. The topological polar surface area (TPSA) is 70.3 Å². The van der Waals surface area contributed by atoms with Gasteiger partial charge >= 0.3 is 11.7 Å². The van der Waals surface area contributed by atoms with E-state index in [0.717, 1.165) is 10.1 Å². The number of benzene rings is 1. The van der Waals surface area contributed by atoms with Crippen molar-refractivity contribution in [1.82, 2.24) is 9.13 Å². The van der Waals surface area contributed by atoms with E-state index < -0.39 is 23.1 Å². The second-order valence-corrected chi connectivity index (χ2v) is 6.69. The van der Waals surface area contributed by atoms with Gasteiger partial charge in [-0.1, -0.05) is 37.6 Å². The molecule has 134 valence electrons. The summed E-state index contributed by atoms with van der Waals surface area (Å²) in [5.41, 5.74) is 0.256. The van der Waals surface area contributed by atoms with Crippen LogP contribution in [0, 0.1) is 5.92 Å². The van der Waals surface area contributed by atoms with E-state index in [4.69, 9.17) is 16.3 Å². The number of rotatable bonds is 5. The molecular formula is C18H21ClN2O4. The van der Waals surface area contributed by atoms with E-state index >= 15 is 0 Å². The molecule has 0 aliphatic rings. The third-order valence-electron chi connectivity index (χ3n) is 4.14. The largest absolute Gasteiger partial charge is 0.459 e. The lowest BCUT2D eigenvalue weighted by Crippen LogP contribution is -2.38. The minimum Gasteiger partial charge on any atom is -0.459 e. The Labute approximate surface area is 150 Å². The Morgan fingerprint density at radius 3 is 2.28 bits per heavy atom. The molecule has 0 N–H and O–H groups in total. The zero-order valence-corrected chi connectivity index (χ0v) is 15.4. The maximum Gasteiger partial charge on any atom is 0.330 e. The zero-order valence-electron chi connectivity index (χ0n) is 14.7. The van der Waals surface area contributed by atoms with Gasteiger partial charge in [0.15, 0.2) is 0 Å². The van der Waals surface area contributed by atoms with Crippen molar-refractivity contribution >= 4 is 17.6 Å². The first-order valence-electron chi connectivity index (χ1n) is 7.90. The van der Waals surface area contributed by atoms with Crippen LogP contribution in [0.3, 0.4) is 0 Å². The van der Waals surface area contributed by atoms with Crippen LogP contribution in [0.1, 0.15) is 31.0 Å². The molecule has 0 saturated heterocycles. The van der Waals surface area contributed by atoms with E-state index in [2.05, 4.69) is 0 Å². The molecule has 0 radical (unpaired) electrons. The molecule has 1 aromatic carbocycles. The van der Waals surface area contributed by atoms with E-state index in [1.54, 1.807) is 24.3 Å². The van der Waals surface area contributed by atoms with E-state index in [9.17, 15) is 14.4 Å². The lowest BCUT2D eigenvalue weighted by molar-refractivity contribution is -0.148. The first kappa shape index (κ1) is 19.0. The average Bonchev–Trinajstić information content (AvgIpc) is 2.56. The molecule has 0 aliphatic heterocycles. The number of carbonyl (C=O) groups excluding carboxylic acids is 1. The summed E-state index contributed by atoms with van der Waals surface area (Å²) in [6, 6.07) is 8.33. The van der Waals surface area contributed by atoms with E-state index in [1.807, 2.05) is 13.8 Å². The summed E-state index contributed by atoms with van der Waals surface area (Å²) in [6.07, 6.45) is 0.